The topological polar surface area (TPSA) is 75.0 Å². The monoisotopic (exact) mass is 208 g/mol. The van der Waals surface area contributed by atoms with Crippen LogP contribution >= 0.6 is 0 Å². The van der Waals surface area contributed by atoms with Crippen LogP contribution in [0.1, 0.15) is 23.2 Å². The summed E-state index contributed by atoms with van der Waals surface area (Å²) in [6.07, 6.45) is 5.52. The average Bonchev–Trinajstić information content (AvgIpc) is 2.93. The van der Waals surface area contributed by atoms with Crippen LogP contribution in [-0.4, -0.2) is 40.6 Å². The first kappa shape index (κ1) is 10.2. The van der Waals surface area contributed by atoms with Crippen LogP contribution in [0.5, 0.6) is 0 Å². The Morgan fingerprint density at radius 2 is 2.53 bits per heavy atom. The molecule has 0 spiro atoms. The third-order valence-electron chi connectivity index (χ3n) is 2.97. The maximum absolute atomic E-state index is 11.9. The number of nitrogens with zero attached hydrogens (tertiary/aromatic N) is 2. The molecule has 1 aliphatic rings. The van der Waals surface area contributed by atoms with E-state index in [2.05, 4.69) is 10.2 Å². The van der Waals surface area contributed by atoms with E-state index in [1.54, 1.807) is 17.3 Å². The molecule has 1 saturated carbocycles. The zero-order valence-electron chi connectivity index (χ0n) is 8.81. The second-order valence-electron chi connectivity index (χ2n) is 4.04. The molecule has 3 N–H and O–H groups in total. The van der Waals surface area contributed by atoms with Crippen LogP contribution in [0, 0.1) is 5.92 Å². The normalized spacial score (nSPS) is 17.5. The molecular weight excluding hydrogens is 192 g/mol. The summed E-state index contributed by atoms with van der Waals surface area (Å²) in [7, 11) is 1.81. The van der Waals surface area contributed by atoms with Crippen LogP contribution in [0.15, 0.2) is 12.4 Å². The molecule has 1 aromatic heterocycles. The number of likely N-dealkylation sites (N-methyl/N-ethyl adjacent to an activating group) is 1. The molecule has 1 amide bonds. The molecule has 15 heavy (non-hydrogen) atoms. The first-order valence-corrected chi connectivity index (χ1v) is 5.20. The maximum Gasteiger partial charge on any atom is 0.257 e. The van der Waals surface area contributed by atoms with Crippen LogP contribution in [0.2, 0.25) is 0 Å². The molecule has 0 saturated heterocycles. The lowest BCUT2D eigenvalue weighted by Crippen LogP contribution is -2.43. The van der Waals surface area contributed by atoms with E-state index in [0.29, 0.717) is 18.0 Å². The fraction of sp³-hybridized carbons (Fsp3) is 0.600. The Kier molecular flexibility index (Phi) is 2.73. The summed E-state index contributed by atoms with van der Waals surface area (Å²) in [6.45, 7) is 0.532. The lowest BCUT2D eigenvalue weighted by atomic mass is 10.1. The maximum atomic E-state index is 11.9. The molecule has 1 aromatic rings. The molecule has 5 nitrogen and oxygen atoms in total. The van der Waals surface area contributed by atoms with Crippen molar-refractivity contribution in [3.63, 3.8) is 0 Å². The predicted molar refractivity (Wildman–Crippen MR) is 56.2 cm³/mol. The molecule has 1 aliphatic carbocycles. The van der Waals surface area contributed by atoms with Crippen LogP contribution in [-0.2, 0) is 0 Å². The molecule has 82 valence electrons. The molecule has 1 unspecified atom stereocenters. The largest absolute Gasteiger partial charge is 0.337 e. The van der Waals surface area contributed by atoms with Crippen molar-refractivity contribution in [2.45, 2.75) is 18.9 Å². The van der Waals surface area contributed by atoms with Crippen molar-refractivity contribution < 1.29 is 4.79 Å². The van der Waals surface area contributed by atoms with Gasteiger partial charge in [-0.05, 0) is 18.8 Å². The second-order valence-corrected chi connectivity index (χ2v) is 4.04. The summed E-state index contributed by atoms with van der Waals surface area (Å²) in [5, 5.41) is 6.41. The molecule has 0 aliphatic heterocycles. The van der Waals surface area contributed by atoms with Crippen molar-refractivity contribution in [2.24, 2.45) is 11.7 Å². The number of rotatable bonds is 4. The summed E-state index contributed by atoms with van der Waals surface area (Å²) in [4.78, 5) is 13.7. The highest BCUT2D eigenvalue weighted by atomic mass is 16.2. The fourth-order valence-corrected chi connectivity index (χ4v) is 1.87. The van der Waals surface area contributed by atoms with E-state index in [1.165, 1.54) is 12.8 Å². The van der Waals surface area contributed by atoms with E-state index in [0.717, 1.165) is 0 Å². The fourth-order valence-electron chi connectivity index (χ4n) is 1.87. The van der Waals surface area contributed by atoms with Gasteiger partial charge in [0.15, 0.2) is 0 Å². The number of aromatic nitrogens is 2. The highest BCUT2D eigenvalue weighted by Crippen LogP contribution is 2.34. The Bertz CT molecular complexity index is 331. The molecule has 1 fully saturated rings. The van der Waals surface area contributed by atoms with E-state index in [4.69, 9.17) is 5.73 Å². The smallest absolute Gasteiger partial charge is 0.257 e. The zero-order chi connectivity index (χ0) is 10.8. The minimum atomic E-state index is -0.00824. The summed E-state index contributed by atoms with van der Waals surface area (Å²) < 4.78 is 0. The lowest BCUT2D eigenvalue weighted by molar-refractivity contribution is 0.0719. The van der Waals surface area contributed by atoms with E-state index >= 15 is 0 Å². The average molecular weight is 208 g/mol. The number of hydrogen-bond acceptors (Lipinski definition) is 3. The van der Waals surface area contributed by atoms with E-state index in [1.807, 2.05) is 7.05 Å². The minimum Gasteiger partial charge on any atom is -0.337 e. The molecule has 5 heteroatoms. The van der Waals surface area contributed by atoms with Crippen molar-refractivity contribution in [1.29, 1.82) is 0 Å². The highest BCUT2D eigenvalue weighted by molar-refractivity contribution is 5.93. The van der Waals surface area contributed by atoms with Crippen molar-refractivity contribution >= 4 is 5.91 Å². The van der Waals surface area contributed by atoms with Gasteiger partial charge in [-0.1, -0.05) is 0 Å². The van der Waals surface area contributed by atoms with Gasteiger partial charge in [0.05, 0.1) is 11.8 Å². The molecule has 1 heterocycles. The number of carbonyl (C=O) groups is 1. The van der Waals surface area contributed by atoms with Gasteiger partial charge >= 0.3 is 0 Å². The third kappa shape index (κ3) is 2.02. The third-order valence-corrected chi connectivity index (χ3v) is 2.97. The molecule has 0 aromatic carbocycles. The number of carbonyl (C=O) groups excluding carboxylic acids is 1. The van der Waals surface area contributed by atoms with Crippen molar-refractivity contribution in [1.82, 2.24) is 15.1 Å². The summed E-state index contributed by atoms with van der Waals surface area (Å²) in [5.74, 6) is 0.585. The number of amides is 1. The van der Waals surface area contributed by atoms with Gasteiger partial charge in [-0.2, -0.15) is 5.10 Å². The van der Waals surface area contributed by atoms with Gasteiger partial charge in [0, 0.05) is 25.8 Å². The molecule has 0 radical (unpaired) electrons. The number of hydrogen-bond donors (Lipinski definition) is 2. The van der Waals surface area contributed by atoms with Crippen LogP contribution in [0.3, 0.4) is 0 Å². The predicted octanol–water partition coefficient (Wildman–Crippen LogP) is 0.219. The Labute approximate surface area is 88.6 Å². The van der Waals surface area contributed by atoms with Crippen LogP contribution in [0.25, 0.3) is 0 Å². The summed E-state index contributed by atoms with van der Waals surface area (Å²) >= 11 is 0. The van der Waals surface area contributed by atoms with Gasteiger partial charge in [-0.15, -0.1) is 0 Å². The zero-order valence-corrected chi connectivity index (χ0v) is 8.81. The Morgan fingerprint density at radius 1 is 1.80 bits per heavy atom. The number of H-pyrrole nitrogens is 1. The molecular formula is C10H16N4O. The second kappa shape index (κ2) is 4.02. The van der Waals surface area contributed by atoms with Crippen molar-refractivity contribution in [3.8, 4) is 0 Å². The minimum absolute atomic E-state index is 0.00824. The first-order valence-electron chi connectivity index (χ1n) is 5.20. The van der Waals surface area contributed by atoms with Gasteiger partial charge in [0.1, 0.15) is 0 Å². The highest BCUT2D eigenvalue weighted by Gasteiger charge is 2.35. The van der Waals surface area contributed by atoms with Gasteiger partial charge in [-0.25, -0.2) is 0 Å². The Hall–Kier alpha value is -1.36. The Balaban J connectivity index is 2.05. The van der Waals surface area contributed by atoms with E-state index in [9.17, 15) is 4.79 Å². The SMILES string of the molecule is CN(C(=O)c1cn[nH]c1)C(CN)C1CC1. The lowest BCUT2D eigenvalue weighted by Gasteiger charge is -2.26. The number of nitrogens with one attached hydrogen (secondary N) is 1. The number of aromatic amines is 1. The van der Waals surface area contributed by atoms with Crippen LogP contribution < -0.4 is 5.73 Å². The molecule has 2 rings (SSSR count). The van der Waals surface area contributed by atoms with Crippen molar-refractivity contribution in [2.75, 3.05) is 13.6 Å². The van der Waals surface area contributed by atoms with Crippen molar-refractivity contribution in [3.05, 3.63) is 18.0 Å². The number of nitrogens with two attached hydrogens (primary N) is 1. The standard InChI is InChI=1S/C10H16N4O/c1-14(9(4-11)7-2-3-7)10(15)8-5-12-13-6-8/h5-7,9H,2-4,11H2,1H3,(H,12,13). The van der Waals surface area contributed by atoms with E-state index in [-0.39, 0.29) is 11.9 Å². The quantitative estimate of drug-likeness (QED) is 0.743. The summed E-state index contributed by atoms with van der Waals surface area (Å²) in [5.41, 5.74) is 6.28. The van der Waals surface area contributed by atoms with Gasteiger partial charge in [-0.3, -0.25) is 9.89 Å². The molecule has 0 bridgehead atoms. The van der Waals surface area contributed by atoms with Gasteiger partial charge in [0.25, 0.3) is 5.91 Å². The van der Waals surface area contributed by atoms with Gasteiger partial charge in [0.2, 0.25) is 0 Å². The van der Waals surface area contributed by atoms with Crippen LogP contribution in [0.4, 0.5) is 0 Å². The molecule has 1 atom stereocenters. The summed E-state index contributed by atoms with van der Waals surface area (Å²) in [6, 6.07) is 0.174. The van der Waals surface area contributed by atoms with E-state index < -0.39 is 0 Å². The Morgan fingerprint density at radius 3 is 3.00 bits per heavy atom. The van der Waals surface area contributed by atoms with Gasteiger partial charge < -0.3 is 10.6 Å². The first-order chi connectivity index (χ1) is 7.24.